The number of nitrogens with zero attached hydrogens (tertiary/aromatic N) is 3. The summed E-state index contributed by atoms with van der Waals surface area (Å²) in [6.45, 7) is 1.62. The van der Waals surface area contributed by atoms with E-state index in [1.54, 1.807) is 4.31 Å². The van der Waals surface area contributed by atoms with Gasteiger partial charge in [0.1, 0.15) is 5.25 Å². The van der Waals surface area contributed by atoms with Crippen LogP contribution in [0.15, 0.2) is 36.8 Å². The average molecular weight is 416 g/mol. The van der Waals surface area contributed by atoms with Gasteiger partial charge in [0.05, 0.1) is 43.6 Å². The second-order valence-corrected chi connectivity index (χ2v) is 11.2. The molecule has 1 spiro atoms. The number of fused-ring (bicyclic) bond motifs is 3. The molecule has 0 amide bonds. The van der Waals surface area contributed by atoms with Crippen molar-refractivity contribution in [3.05, 3.63) is 42.4 Å². The lowest BCUT2D eigenvalue weighted by Crippen LogP contribution is -2.61. The summed E-state index contributed by atoms with van der Waals surface area (Å²) in [6.07, 6.45) is 5.71. The summed E-state index contributed by atoms with van der Waals surface area (Å²) in [4.78, 5) is 4.33. The SMILES string of the molecule is O=S(=O)(C1COC1)N1CCC2(CC1)C[C@H]([C@H]1c3ccccc3-c3cncn31)[C@@H]2O. The molecule has 3 atom stereocenters. The number of aromatic nitrogens is 2. The number of imidazole rings is 1. The molecule has 8 heteroatoms. The van der Waals surface area contributed by atoms with Crippen LogP contribution in [-0.4, -0.2) is 65.0 Å². The number of ether oxygens (including phenoxy) is 1. The quantitative estimate of drug-likeness (QED) is 0.824. The van der Waals surface area contributed by atoms with Gasteiger partial charge >= 0.3 is 0 Å². The van der Waals surface area contributed by atoms with Gasteiger partial charge in [-0.15, -0.1) is 0 Å². The Morgan fingerprint density at radius 3 is 2.62 bits per heavy atom. The smallest absolute Gasteiger partial charge is 0.221 e. The Morgan fingerprint density at radius 2 is 1.93 bits per heavy atom. The third kappa shape index (κ3) is 2.40. The summed E-state index contributed by atoms with van der Waals surface area (Å²) in [5.74, 6) is 0.134. The molecule has 154 valence electrons. The first-order valence-electron chi connectivity index (χ1n) is 10.4. The number of hydrogen-bond acceptors (Lipinski definition) is 5. The van der Waals surface area contributed by atoms with Crippen LogP contribution >= 0.6 is 0 Å². The molecule has 4 heterocycles. The van der Waals surface area contributed by atoms with Gasteiger partial charge in [0.15, 0.2) is 0 Å². The third-order valence-corrected chi connectivity index (χ3v) is 9.91. The molecule has 1 aromatic heterocycles. The number of rotatable bonds is 3. The molecule has 6 rings (SSSR count). The van der Waals surface area contributed by atoms with Crippen molar-refractivity contribution in [2.45, 2.75) is 36.7 Å². The molecule has 0 radical (unpaired) electrons. The van der Waals surface area contributed by atoms with Gasteiger partial charge in [-0.25, -0.2) is 17.7 Å². The van der Waals surface area contributed by atoms with E-state index in [2.05, 4.69) is 27.8 Å². The second kappa shape index (κ2) is 6.14. The Balaban J connectivity index is 1.21. The van der Waals surface area contributed by atoms with Crippen molar-refractivity contribution in [1.29, 1.82) is 0 Å². The van der Waals surface area contributed by atoms with Gasteiger partial charge in [-0.3, -0.25) is 0 Å². The topological polar surface area (TPSA) is 84.7 Å². The highest BCUT2D eigenvalue weighted by Crippen LogP contribution is 2.59. The van der Waals surface area contributed by atoms with Crippen LogP contribution in [0.5, 0.6) is 0 Å². The predicted octanol–water partition coefficient (Wildman–Crippen LogP) is 1.64. The molecule has 3 aliphatic heterocycles. The fraction of sp³-hybridized carbons (Fsp3) is 0.571. The van der Waals surface area contributed by atoms with E-state index < -0.39 is 16.1 Å². The normalized spacial score (nSPS) is 31.1. The summed E-state index contributed by atoms with van der Waals surface area (Å²) in [6, 6.07) is 8.48. The molecule has 7 nitrogen and oxygen atoms in total. The zero-order valence-corrected chi connectivity index (χ0v) is 17.0. The fourth-order valence-electron chi connectivity index (χ4n) is 5.87. The summed E-state index contributed by atoms with van der Waals surface area (Å²) in [7, 11) is -3.26. The minimum atomic E-state index is -3.26. The first kappa shape index (κ1) is 18.1. The van der Waals surface area contributed by atoms with Crippen molar-refractivity contribution in [3.63, 3.8) is 0 Å². The molecule has 2 aromatic rings. The Hall–Kier alpha value is -1.74. The Bertz CT molecular complexity index is 1050. The minimum absolute atomic E-state index is 0.109. The van der Waals surface area contributed by atoms with Crippen LogP contribution in [0.3, 0.4) is 0 Å². The molecule has 0 unspecified atom stereocenters. The number of aliphatic hydroxyl groups is 1. The van der Waals surface area contributed by atoms with Crippen molar-refractivity contribution < 1.29 is 18.3 Å². The second-order valence-electron chi connectivity index (χ2n) is 9.00. The summed E-state index contributed by atoms with van der Waals surface area (Å²) >= 11 is 0. The van der Waals surface area contributed by atoms with Gasteiger partial charge in [0.2, 0.25) is 10.0 Å². The monoisotopic (exact) mass is 415 g/mol. The molecule has 4 aliphatic rings. The number of piperidine rings is 1. The van der Waals surface area contributed by atoms with E-state index in [9.17, 15) is 13.5 Å². The van der Waals surface area contributed by atoms with Gasteiger partial charge in [0, 0.05) is 24.6 Å². The maximum atomic E-state index is 12.7. The standard InChI is InChI=1S/C21H25N3O4S/c25-20-17(19-16-4-2-1-3-15(16)18-10-22-13-24(18)19)9-21(20)5-7-23(8-6-21)29(26,27)14-11-28-12-14/h1-4,10,13-14,17,19-20,25H,5-9,11-12H2/t17-,19-,20+/m1/s1. The van der Waals surface area contributed by atoms with Crippen LogP contribution in [0.4, 0.5) is 0 Å². The minimum Gasteiger partial charge on any atom is -0.392 e. The molecular formula is C21H25N3O4S. The van der Waals surface area contributed by atoms with Crippen LogP contribution in [-0.2, 0) is 14.8 Å². The van der Waals surface area contributed by atoms with Gasteiger partial charge in [0.25, 0.3) is 0 Å². The van der Waals surface area contributed by atoms with Crippen LogP contribution in [0.1, 0.15) is 30.9 Å². The Morgan fingerprint density at radius 1 is 1.17 bits per heavy atom. The fourth-order valence-corrected chi connectivity index (χ4v) is 7.52. The maximum Gasteiger partial charge on any atom is 0.221 e. The lowest BCUT2D eigenvalue weighted by atomic mass is 9.53. The molecular weight excluding hydrogens is 390 g/mol. The molecule has 1 N–H and O–H groups in total. The molecule has 1 aliphatic carbocycles. The highest BCUT2D eigenvalue weighted by atomic mass is 32.2. The molecule has 1 saturated carbocycles. The number of hydrogen-bond donors (Lipinski definition) is 1. The Kier molecular flexibility index (Phi) is 3.82. The number of sulfonamides is 1. The summed E-state index contributed by atoms with van der Waals surface area (Å²) in [5, 5.41) is 10.9. The zero-order chi connectivity index (χ0) is 19.8. The van der Waals surface area contributed by atoms with Gasteiger partial charge in [-0.05, 0) is 30.2 Å². The lowest BCUT2D eigenvalue weighted by molar-refractivity contribution is -0.152. The molecule has 1 aromatic carbocycles. The third-order valence-electron chi connectivity index (χ3n) is 7.71. The van der Waals surface area contributed by atoms with Crippen molar-refractivity contribution in [2.75, 3.05) is 26.3 Å². The van der Waals surface area contributed by atoms with E-state index in [4.69, 9.17) is 4.74 Å². The maximum absolute atomic E-state index is 12.7. The highest BCUT2D eigenvalue weighted by Gasteiger charge is 2.58. The number of benzene rings is 1. The van der Waals surface area contributed by atoms with Gasteiger partial charge < -0.3 is 14.4 Å². The van der Waals surface area contributed by atoms with Crippen LogP contribution in [0.2, 0.25) is 0 Å². The largest absolute Gasteiger partial charge is 0.392 e. The van der Waals surface area contributed by atoms with Crippen LogP contribution in [0, 0.1) is 11.3 Å². The van der Waals surface area contributed by atoms with E-state index in [-0.39, 0.29) is 22.6 Å². The van der Waals surface area contributed by atoms with Gasteiger partial charge in [-0.2, -0.15) is 0 Å². The van der Waals surface area contributed by atoms with E-state index in [0.29, 0.717) is 26.3 Å². The van der Waals surface area contributed by atoms with Gasteiger partial charge in [-0.1, -0.05) is 24.3 Å². The Labute approximate surface area is 170 Å². The lowest BCUT2D eigenvalue weighted by Gasteiger charge is -2.57. The van der Waals surface area contributed by atoms with Crippen LogP contribution < -0.4 is 0 Å². The molecule has 3 fully saturated rings. The molecule has 2 saturated heterocycles. The van der Waals surface area contributed by atoms with E-state index in [1.165, 1.54) is 11.1 Å². The van der Waals surface area contributed by atoms with Crippen molar-refractivity contribution >= 4 is 10.0 Å². The van der Waals surface area contributed by atoms with Crippen LogP contribution in [0.25, 0.3) is 11.3 Å². The first-order valence-corrected chi connectivity index (χ1v) is 11.9. The number of aliphatic hydroxyl groups excluding tert-OH is 1. The van der Waals surface area contributed by atoms with E-state index >= 15 is 0 Å². The molecule has 29 heavy (non-hydrogen) atoms. The zero-order valence-electron chi connectivity index (χ0n) is 16.1. The van der Waals surface area contributed by atoms with E-state index in [1.807, 2.05) is 18.6 Å². The van der Waals surface area contributed by atoms with Crippen molar-refractivity contribution in [2.24, 2.45) is 11.3 Å². The van der Waals surface area contributed by atoms with Crippen molar-refractivity contribution in [3.8, 4) is 11.3 Å². The molecule has 0 bridgehead atoms. The van der Waals surface area contributed by atoms with E-state index in [0.717, 1.165) is 25.0 Å². The summed E-state index contributed by atoms with van der Waals surface area (Å²) < 4.78 is 34.2. The first-order chi connectivity index (χ1) is 14.0. The highest BCUT2D eigenvalue weighted by molar-refractivity contribution is 7.89. The predicted molar refractivity (Wildman–Crippen MR) is 107 cm³/mol. The van der Waals surface area contributed by atoms with Crippen molar-refractivity contribution in [1.82, 2.24) is 13.9 Å². The average Bonchev–Trinajstić information content (AvgIpc) is 3.26. The summed E-state index contributed by atoms with van der Waals surface area (Å²) in [5.41, 5.74) is 3.41.